The quantitative estimate of drug-likeness (QED) is 0.754. The van der Waals surface area contributed by atoms with E-state index >= 15 is 0 Å². The molecule has 0 fully saturated rings. The third kappa shape index (κ3) is 3.82. The Kier molecular flexibility index (Phi) is 4.12. The largest absolute Gasteiger partial charge is 0.489 e. The lowest BCUT2D eigenvalue weighted by Gasteiger charge is -2.08. The second-order valence-electron chi connectivity index (χ2n) is 4.59. The predicted octanol–water partition coefficient (Wildman–Crippen LogP) is 2.60. The lowest BCUT2D eigenvalue weighted by molar-refractivity contribution is 0.306. The van der Waals surface area contributed by atoms with Crippen molar-refractivity contribution in [3.05, 3.63) is 78.4 Å². The van der Waals surface area contributed by atoms with Gasteiger partial charge in [0.25, 0.3) is 0 Å². The maximum absolute atomic E-state index is 5.75. The van der Waals surface area contributed by atoms with Crippen molar-refractivity contribution in [2.75, 3.05) is 5.43 Å². The standard InChI is InChI=1S/C16H16N4O/c1-2-4-15(5-3-1)11-21-16-8-6-14(7-9-16)10-18-20-13-17-12-19-20/h1-9,12-13,18H,10-11H2. The molecule has 0 bridgehead atoms. The van der Waals surface area contributed by atoms with E-state index in [2.05, 4.69) is 27.6 Å². The van der Waals surface area contributed by atoms with E-state index in [4.69, 9.17) is 4.74 Å². The van der Waals surface area contributed by atoms with Gasteiger partial charge in [-0.3, -0.25) is 0 Å². The van der Waals surface area contributed by atoms with Crippen molar-refractivity contribution in [3.63, 3.8) is 0 Å². The molecular weight excluding hydrogens is 264 g/mol. The van der Waals surface area contributed by atoms with Gasteiger partial charge in [0, 0.05) is 0 Å². The summed E-state index contributed by atoms with van der Waals surface area (Å²) in [6, 6.07) is 18.1. The van der Waals surface area contributed by atoms with Gasteiger partial charge in [0.2, 0.25) is 0 Å². The first kappa shape index (κ1) is 13.2. The molecule has 0 aliphatic rings. The van der Waals surface area contributed by atoms with E-state index < -0.39 is 0 Å². The molecule has 0 unspecified atom stereocenters. The molecule has 106 valence electrons. The zero-order valence-electron chi connectivity index (χ0n) is 11.5. The van der Waals surface area contributed by atoms with Crippen molar-refractivity contribution in [2.45, 2.75) is 13.2 Å². The van der Waals surface area contributed by atoms with Crippen molar-refractivity contribution < 1.29 is 4.74 Å². The third-order valence-corrected chi connectivity index (χ3v) is 3.04. The highest BCUT2D eigenvalue weighted by Crippen LogP contribution is 2.14. The van der Waals surface area contributed by atoms with Gasteiger partial charge in [-0.25, -0.2) is 4.98 Å². The maximum Gasteiger partial charge on any atom is 0.139 e. The Morgan fingerprint density at radius 1 is 0.952 bits per heavy atom. The number of rotatable bonds is 6. The van der Waals surface area contributed by atoms with Crippen molar-refractivity contribution in [1.29, 1.82) is 0 Å². The van der Waals surface area contributed by atoms with Crippen LogP contribution in [0, 0.1) is 0 Å². The first-order valence-electron chi connectivity index (χ1n) is 6.74. The summed E-state index contributed by atoms with van der Waals surface area (Å²) in [6.45, 7) is 1.26. The highest BCUT2D eigenvalue weighted by atomic mass is 16.5. The molecule has 1 heterocycles. The van der Waals surface area contributed by atoms with Crippen LogP contribution in [0.3, 0.4) is 0 Å². The Labute approximate surface area is 123 Å². The molecule has 0 aliphatic carbocycles. The second-order valence-corrected chi connectivity index (χ2v) is 4.59. The molecule has 21 heavy (non-hydrogen) atoms. The summed E-state index contributed by atoms with van der Waals surface area (Å²) in [7, 11) is 0. The third-order valence-electron chi connectivity index (χ3n) is 3.04. The second kappa shape index (κ2) is 6.56. The minimum Gasteiger partial charge on any atom is -0.489 e. The molecule has 2 aromatic carbocycles. The number of benzene rings is 2. The number of ether oxygens (including phenoxy) is 1. The summed E-state index contributed by atoms with van der Waals surface area (Å²) >= 11 is 0. The highest BCUT2D eigenvalue weighted by molar-refractivity contribution is 5.28. The van der Waals surface area contributed by atoms with Gasteiger partial charge < -0.3 is 10.2 Å². The molecule has 0 saturated carbocycles. The first-order chi connectivity index (χ1) is 10.4. The van der Waals surface area contributed by atoms with Crippen LogP contribution in [0.4, 0.5) is 0 Å². The number of nitrogens with one attached hydrogen (secondary N) is 1. The molecule has 0 atom stereocenters. The molecule has 5 nitrogen and oxygen atoms in total. The smallest absolute Gasteiger partial charge is 0.139 e. The molecule has 1 aromatic heterocycles. The molecule has 5 heteroatoms. The van der Waals surface area contributed by atoms with E-state index in [1.807, 2.05) is 42.5 Å². The fourth-order valence-corrected chi connectivity index (χ4v) is 1.91. The number of aromatic nitrogens is 3. The van der Waals surface area contributed by atoms with E-state index in [0.29, 0.717) is 13.2 Å². The molecule has 1 N–H and O–H groups in total. The van der Waals surface area contributed by atoms with Gasteiger partial charge >= 0.3 is 0 Å². The maximum atomic E-state index is 5.75. The van der Waals surface area contributed by atoms with E-state index in [1.165, 1.54) is 6.33 Å². The van der Waals surface area contributed by atoms with Crippen LogP contribution in [-0.4, -0.2) is 14.9 Å². The van der Waals surface area contributed by atoms with E-state index in [0.717, 1.165) is 16.9 Å². The van der Waals surface area contributed by atoms with Crippen LogP contribution in [0.25, 0.3) is 0 Å². The lowest BCUT2D eigenvalue weighted by Crippen LogP contribution is -2.14. The van der Waals surface area contributed by atoms with E-state index in [-0.39, 0.29) is 0 Å². The average Bonchev–Trinajstić information content (AvgIpc) is 3.06. The molecule has 0 spiro atoms. The average molecular weight is 280 g/mol. The molecular formula is C16H16N4O. The zero-order valence-corrected chi connectivity index (χ0v) is 11.5. The summed E-state index contributed by atoms with van der Waals surface area (Å²) in [5.41, 5.74) is 5.43. The molecule has 0 amide bonds. The SMILES string of the molecule is c1ccc(COc2ccc(CNn3cncn3)cc2)cc1. The Bertz CT molecular complexity index is 651. The van der Waals surface area contributed by atoms with Gasteiger partial charge in [-0.1, -0.05) is 42.5 Å². The predicted molar refractivity (Wildman–Crippen MR) is 80.3 cm³/mol. The van der Waals surface area contributed by atoms with Gasteiger partial charge in [0.1, 0.15) is 25.0 Å². The van der Waals surface area contributed by atoms with Crippen LogP contribution in [0.5, 0.6) is 5.75 Å². The van der Waals surface area contributed by atoms with Crippen LogP contribution >= 0.6 is 0 Å². The topological polar surface area (TPSA) is 52.0 Å². The van der Waals surface area contributed by atoms with Crippen LogP contribution in [0.15, 0.2) is 67.3 Å². The minimum atomic E-state index is 0.581. The fraction of sp³-hybridized carbons (Fsp3) is 0.125. The van der Waals surface area contributed by atoms with Gasteiger partial charge in [-0.2, -0.15) is 4.79 Å². The number of nitrogens with zero attached hydrogens (tertiary/aromatic N) is 3. The molecule has 0 radical (unpaired) electrons. The van der Waals surface area contributed by atoms with Crippen molar-refractivity contribution in [2.24, 2.45) is 0 Å². The molecule has 3 aromatic rings. The number of hydrogen-bond donors (Lipinski definition) is 1. The lowest BCUT2D eigenvalue weighted by atomic mass is 10.2. The summed E-state index contributed by atoms with van der Waals surface area (Å²) in [5.74, 6) is 0.864. The number of hydrogen-bond acceptors (Lipinski definition) is 4. The van der Waals surface area contributed by atoms with Crippen molar-refractivity contribution in [3.8, 4) is 5.75 Å². The van der Waals surface area contributed by atoms with Crippen molar-refractivity contribution in [1.82, 2.24) is 14.9 Å². The van der Waals surface area contributed by atoms with Gasteiger partial charge in [-0.15, -0.1) is 5.10 Å². The Hall–Kier alpha value is -2.82. The first-order valence-corrected chi connectivity index (χ1v) is 6.74. The Morgan fingerprint density at radius 2 is 1.76 bits per heavy atom. The molecule has 3 rings (SSSR count). The van der Waals surface area contributed by atoms with Crippen molar-refractivity contribution >= 4 is 0 Å². The Balaban J connectivity index is 1.52. The van der Waals surface area contributed by atoms with Gasteiger partial charge in [-0.05, 0) is 23.3 Å². The van der Waals surface area contributed by atoms with Crippen LogP contribution in [0.1, 0.15) is 11.1 Å². The zero-order chi connectivity index (χ0) is 14.3. The van der Waals surface area contributed by atoms with Gasteiger partial charge in [0.15, 0.2) is 0 Å². The summed E-state index contributed by atoms with van der Waals surface area (Å²) in [5, 5.41) is 3.98. The molecule has 0 saturated heterocycles. The summed E-state index contributed by atoms with van der Waals surface area (Å²) < 4.78 is 5.75. The monoisotopic (exact) mass is 280 g/mol. The van der Waals surface area contributed by atoms with Gasteiger partial charge in [0.05, 0.1) is 6.54 Å². The Morgan fingerprint density at radius 3 is 2.48 bits per heavy atom. The summed E-state index contributed by atoms with van der Waals surface area (Å²) in [4.78, 5) is 5.45. The van der Waals surface area contributed by atoms with Crippen LogP contribution < -0.4 is 10.2 Å². The minimum absolute atomic E-state index is 0.581. The van der Waals surface area contributed by atoms with E-state index in [1.54, 1.807) is 11.1 Å². The highest BCUT2D eigenvalue weighted by Gasteiger charge is 1.97. The van der Waals surface area contributed by atoms with Crippen LogP contribution in [-0.2, 0) is 13.2 Å². The van der Waals surface area contributed by atoms with Crippen LogP contribution in [0.2, 0.25) is 0 Å². The normalized spacial score (nSPS) is 10.3. The fourth-order valence-electron chi connectivity index (χ4n) is 1.91. The van der Waals surface area contributed by atoms with E-state index in [9.17, 15) is 0 Å². The molecule has 0 aliphatic heterocycles. The summed E-state index contributed by atoms with van der Waals surface area (Å²) in [6.07, 6.45) is 3.12.